The van der Waals surface area contributed by atoms with E-state index in [4.69, 9.17) is 14.7 Å². The van der Waals surface area contributed by atoms with Crippen molar-refractivity contribution in [2.75, 3.05) is 33.6 Å². The molecule has 1 aliphatic rings. The van der Waals surface area contributed by atoms with Crippen LogP contribution in [0.1, 0.15) is 6.42 Å². The Balaban J connectivity index is 2.59. The first-order valence-electron chi connectivity index (χ1n) is 5.42. The average molecular weight is 264 g/mol. The fourth-order valence-electron chi connectivity index (χ4n) is 1.61. The molecule has 0 amide bonds. The van der Waals surface area contributed by atoms with E-state index in [1.807, 2.05) is 6.26 Å². The SMILES string of the molecule is CON(C)/C(=N/[C@H]1COC(CO)[C@@H](O)C1)SC. The molecular formula is C10H20N2O4S. The van der Waals surface area contributed by atoms with Crippen LogP contribution in [-0.4, -0.2) is 72.3 Å². The second-order valence-electron chi connectivity index (χ2n) is 3.81. The van der Waals surface area contributed by atoms with E-state index in [1.165, 1.54) is 11.8 Å². The van der Waals surface area contributed by atoms with Gasteiger partial charge in [-0.2, -0.15) is 0 Å². The van der Waals surface area contributed by atoms with Crippen molar-refractivity contribution < 1.29 is 19.8 Å². The van der Waals surface area contributed by atoms with Gasteiger partial charge < -0.3 is 14.9 Å². The lowest BCUT2D eigenvalue weighted by atomic mass is 10.0. The molecule has 0 aromatic rings. The van der Waals surface area contributed by atoms with Gasteiger partial charge in [-0.3, -0.25) is 9.83 Å². The molecule has 0 spiro atoms. The molecule has 3 atom stereocenters. The molecule has 100 valence electrons. The number of aliphatic imine (C=N–C) groups is 1. The van der Waals surface area contributed by atoms with Crippen molar-refractivity contribution in [1.82, 2.24) is 5.06 Å². The molecule has 0 bridgehead atoms. The van der Waals surface area contributed by atoms with Crippen molar-refractivity contribution >= 4 is 16.9 Å². The summed E-state index contributed by atoms with van der Waals surface area (Å²) >= 11 is 1.47. The highest BCUT2D eigenvalue weighted by Crippen LogP contribution is 2.18. The van der Waals surface area contributed by atoms with Crippen molar-refractivity contribution in [2.24, 2.45) is 4.99 Å². The number of nitrogens with zero attached hydrogens (tertiary/aromatic N) is 2. The first-order valence-corrected chi connectivity index (χ1v) is 6.65. The third kappa shape index (κ3) is 4.11. The van der Waals surface area contributed by atoms with Crippen LogP contribution in [-0.2, 0) is 9.57 Å². The molecule has 1 fully saturated rings. The van der Waals surface area contributed by atoms with Crippen molar-refractivity contribution in [1.29, 1.82) is 0 Å². The van der Waals surface area contributed by atoms with Crippen LogP contribution in [0.5, 0.6) is 0 Å². The van der Waals surface area contributed by atoms with Crippen molar-refractivity contribution in [3.8, 4) is 0 Å². The van der Waals surface area contributed by atoms with E-state index in [-0.39, 0.29) is 12.6 Å². The summed E-state index contributed by atoms with van der Waals surface area (Å²) in [4.78, 5) is 9.51. The van der Waals surface area contributed by atoms with Crippen molar-refractivity contribution in [2.45, 2.75) is 24.7 Å². The lowest BCUT2D eigenvalue weighted by Crippen LogP contribution is -2.43. The Morgan fingerprint density at radius 2 is 2.35 bits per heavy atom. The van der Waals surface area contributed by atoms with E-state index < -0.39 is 12.2 Å². The topological polar surface area (TPSA) is 74.5 Å². The number of aliphatic hydroxyl groups is 2. The van der Waals surface area contributed by atoms with E-state index in [0.29, 0.717) is 13.0 Å². The Morgan fingerprint density at radius 1 is 1.65 bits per heavy atom. The zero-order valence-electron chi connectivity index (χ0n) is 10.4. The molecule has 0 radical (unpaired) electrons. The summed E-state index contributed by atoms with van der Waals surface area (Å²) in [5.74, 6) is 0. The summed E-state index contributed by atoms with van der Waals surface area (Å²) in [5.41, 5.74) is 0. The summed E-state index contributed by atoms with van der Waals surface area (Å²) in [6, 6.07) is -0.104. The summed E-state index contributed by atoms with van der Waals surface area (Å²) in [6.07, 6.45) is 1.25. The zero-order valence-corrected chi connectivity index (χ0v) is 11.2. The molecule has 7 heteroatoms. The van der Waals surface area contributed by atoms with Crippen LogP contribution in [0.2, 0.25) is 0 Å². The van der Waals surface area contributed by atoms with Gasteiger partial charge in [0, 0.05) is 13.5 Å². The maximum absolute atomic E-state index is 9.71. The standard InChI is InChI=1S/C10H20N2O4S/c1-12(15-2)10(17-3)11-7-4-8(14)9(5-13)16-6-7/h7-9,13-14H,4-6H2,1-3H3/b11-10-/t7-,8+,9?/m1/s1. The van der Waals surface area contributed by atoms with E-state index >= 15 is 0 Å². The molecule has 0 aliphatic carbocycles. The van der Waals surface area contributed by atoms with E-state index in [0.717, 1.165) is 5.17 Å². The van der Waals surface area contributed by atoms with Crippen LogP contribution in [0.3, 0.4) is 0 Å². The lowest BCUT2D eigenvalue weighted by molar-refractivity contribution is -0.101. The van der Waals surface area contributed by atoms with Gasteiger partial charge in [0.1, 0.15) is 6.10 Å². The summed E-state index contributed by atoms with van der Waals surface area (Å²) < 4.78 is 5.34. The Morgan fingerprint density at radius 3 is 2.82 bits per heavy atom. The molecule has 17 heavy (non-hydrogen) atoms. The third-order valence-electron chi connectivity index (χ3n) is 2.64. The van der Waals surface area contributed by atoms with Crippen molar-refractivity contribution in [3.63, 3.8) is 0 Å². The molecular weight excluding hydrogens is 244 g/mol. The number of amidine groups is 1. The van der Waals surface area contributed by atoms with Gasteiger partial charge >= 0.3 is 0 Å². The van der Waals surface area contributed by atoms with Gasteiger partial charge in [-0.1, -0.05) is 11.8 Å². The maximum Gasteiger partial charge on any atom is 0.183 e. The lowest BCUT2D eigenvalue weighted by Gasteiger charge is -2.31. The second kappa shape index (κ2) is 7.17. The number of rotatable bonds is 3. The summed E-state index contributed by atoms with van der Waals surface area (Å²) in [7, 11) is 3.34. The molecule has 0 saturated carbocycles. The normalized spacial score (nSPS) is 30.4. The van der Waals surface area contributed by atoms with Crippen LogP contribution in [0, 0.1) is 0 Å². The quantitative estimate of drug-likeness (QED) is 0.414. The molecule has 1 unspecified atom stereocenters. The fourth-order valence-corrected chi connectivity index (χ4v) is 2.19. The molecule has 2 N–H and O–H groups in total. The van der Waals surface area contributed by atoms with Gasteiger partial charge in [-0.05, 0) is 6.26 Å². The van der Waals surface area contributed by atoms with E-state index in [2.05, 4.69) is 4.99 Å². The summed E-state index contributed by atoms with van der Waals surface area (Å²) in [5, 5.41) is 21.0. The third-order valence-corrected chi connectivity index (χ3v) is 3.37. The Labute approximate surface area is 106 Å². The molecule has 1 heterocycles. The minimum Gasteiger partial charge on any atom is -0.394 e. The van der Waals surface area contributed by atoms with Crippen LogP contribution >= 0.6 is 11.8 Å². The minimum absolute atomic E-state index is 0.104. The first kappa shape index (κ1) is 14.7. The number of hydrogen-bond donors (Lipinski definition) is 2. The van der Waals surface area contributed by atoms with Gasteiger partial charge in [-0.25, -0.2) is 5.06 Å². The highest BCUT2D eigenvalue weighted by molar-refractivity contribution is 8.13. The number of ether oxygens (including phenoxy) is 1. The number of hydrogen-bond acceptors (Lipinski definition) is 6. The largest absolute Gasteiger partial charge is 0.394 e. The monoisotopic (exact) mass is 264 g/mol. The molecule has 1 rings (SSSR count). The average Bonchev–Trinajstić information content (AvgIpc) is 2.35. The molecule has 6 nitrogen and oxygen atoms in total. The molecule has 0 aromatic carbocycles. The highest BCUT2D eigenvalue weighted by Gasteiger charge is 2.29. The van der Waals surface area contributed by atoms with Gasteiger partial charge in [-0.15, -0.1) is 0 Å². The maximum atomic E-state index is 9.71. The van der Waals surface area contributed by atoms with Crippen LogP contribution in [0.25, 0.3) is 0 Å². The molecule has 1 saturated heterocycles. The number of aliphatic hydroxyl groups excluding tert-OH is 2. The number of hydroxylamine groups is 2. The van der Waals surface area contributed by atoms with Crippen LogP contribution in [0.4, 0.5) is 0 Å². The Kier molecular flexibility index (Phi) is 6.21. The smallest absolute Gasteiger partial charge is 0.183 e. The number of thioether (sulfide) groups is 1. The van der Waals surface area contributed by atoms with E-state index in [9.17, 15) is 5.11 Å². The first-order chi connectivity index (χ1) is 8.12. The van der Waals surface area contributed by atoms with Gasteiger partial charge in [0.15, 0.2) is 5.17 Å². The molecule has 0 aromatic heterocycles. The van der Waals surface area contributed by atoms with Gasteiger partial charge in [0.05, 0.1) is 32.5 Å². The fraction of sp³-hybridized carbons (Fsp3) is 0.900. The Hall–Kier alpha value is -0.340. The minimum atomic E-state index is -0.668. The second-order valence-corrected chi connectivity index (χ2v) is 4.58. The summed E-state index contributed by atoms with van der Waals surface area (Å²) in [6.45, 7) is 0.245. The van der Waals surface area contributed by atoms with Crippen molar-refractivity contribution in [3.05, 3.63) is 0 Å². The predicted octanol–water partition coefficient (Wildman–Crippen LogP) is -0.291. The highest BCUT2D eigenvalue weighted by atomic mass is 32.2. The predicted molar refractivity (Wildman–Crippen MR) is 67.0 cm³/mol. The molecule has 1 aliphatic heterocycles. The van der Waals surface area contributed by atoms with Crippen LogP contribution < -0.4 is 0 Å². The van der Waals surface area contributed by atoms with Gasteiger partial charge in [0.25, 0.3) is 0 Å². The zero-order chi connectivity index (χ0) is 12.8. The van der Waals surface area contributed by atoms with Gasteiger partial charge in [0.2, 0.25) is 0 Å². The Bertz CT molecular complexity index is 265. The van der Waals surface area contributed by atoms with E-state index in [1.54, 1.807) is 19.2 Å². The van der Waals surface area contributed by atoms with Crippen LogP contribution in [0.15, 0.2) is 4.99 Å².